The van der Waals surface area contributed by atoms with Crippen LogP contribution in [0.4, 0.5) is 0 Å². The molecule has 0 unspecified atom stereocenters. The molecule has 0 aromatic carbocycles. The van der Waals surface area contributed by atoms with Crippen LogP contribution in [0.5, 0.6) is 0 Å². The number of hydrogen-bond acceptors (Lipinski definition) is 3. The Bertz CT molecular complexity index is 398. The van der Waals surface area contributed by atoms with Crippen molar-refractivity contribution in [3.8, 4) is 0 Å². The number of amides is 1. The summed E-state index contributed by atoms with van der Waals surface area (Å²) in [7, 11) is 1.75. The fourth-order valence-electron chi connectivity index (χ4n) is 1.31. The number of aliphatic carboxylic acids is 1. The molecule has 1 amide bonds. The predicted octanol–water partition coefficient (Wildman–Crippen LogP) is 0.355. The van der Waals surface area contributed by atoms with Crippen LogP contribution in [0.3, 0.4) is 0 Å². The van der Waals surface area contributed by atoms with Crippen molar-refractivity contribution < 1.29 is 14.7 Å². The molecule has 0 aliphatic carbocycles. The number of aromatic nitrogens is 2. The van der Waals surface area contributed by atoms with Crippen LogP contribution in [0.1, 0.15) is 24.3 Å². The van der Waals surface area contributed by atoms with Crippen LogP contribution < -0.4 is 0 Å². The van der Waals surface area contributed by atoms with Crippen LogP contribution >= 0.6 is 0 Å². The van der Waals surface area contributed by atoms with Crippen LogP contribution in [-0.4, -0.2) is 44.0 Å². The summed E-state index contributed by atoms with van der Waals surface area (Å²) in [4.78, 5) is 27.7. The molecule has 0 atom stereocenters. The Hall–Kier alpha value is -1.85. The van der Waals surface area contributed by atoms with Crippen molar-refractivity contribution in [3.05, 3.63) is 18.2 Å². The normalized spacial score (nSPS) is 10.5. The van der Waals surface area contributed by atoms with Gasteiger partial charge in [-0.3, -0.25) is 9.59 Å². The van der Waals surface area contributed by atoms with E-state index in [1.54, 1.807) is 31.7 Å². The molecule has 6 nitrogen and oxygen atoms in total. The average Bonchev–Trinajstić information content (AvgIpc) is 2.59. The molecule has 0 aliphatic heterocycles. The summed E-state index contributed by atoms with van der Waals surface area (Å²) in [6, 6.07) is -0.175. The molecule has 0 saturated heterocycles. The van der Waals surface area contributed by atoms with Gasteiger partial charge in [-0.15, -0.1) is 0 Å². The van der Waals surface area contributed by atoms with Crippen molar-refractivity contribution in [2.75, 3.05) is 6.54 Å². The van der Waals surface area contributed by atoms with Crippen molar-refractivity contribution in [3.63, 3.8) is 0 Å². The molecule has 6 heteroatoms. The summed E-state index contributed by atoms with van der Waals surface area (Å²) in [5.74, 6) is -1.39. The lowest BCUT2D eigenvalue weighted by Crippen LogP contribution is -2.40. The van der Waals surface area contributed by atoms with Gasteiger partial charge in [0.2, 0.25) is 0 Å². The second kappa shape index (κ2) is 4.78. The van der Waals surface area contributed by atoms with Crippen LogP contribution in [0.15, 0.2) is 12.5 Å². The van der Waals surface area contributed by atoms with Gasteiger partial charge in [-0.1, -0.05) is 0 Å². The van der Waals surface area contributed by atoms with Crippen molar-refractivity contribution in [2.45, 2.75) is 19.9 Å². The predicted molar refractivity (Wildman–Crippen MR) is 57.0 cm³/mol. The SMILES string of the molecule is CC(C)N(CC(=O)O)C(=O)c1cn(C)cn1. The zero-order valence-corrected chi connectivity index (χ0v) is 9.54. The number of hydrogen-bond donors (Lipinski definition) is 1. The Morgan fingerprint density at radius 3 is 2.56 bits per heavy atom. The van der Waals surface area contributed by atoms with E-state index in [2.05, 4.69) is 4.98 Å². The van der Waals surface area contributed by atoms with Gasteiger partial charge in [0.05, 0.1) is 6.33 Å². The third-order valence-electron chi connectivity index (χ3n) is 2.11. The fraction of sp³-hybridized carbons (Fsp3) is 0.500. The van der Waals surface area contributed by atoms with Gasteiger partial charge in [0.15, 0.2) is 0 Å². The molecule has 0 spiro atoms. The molecule has 1 N–H and O–H groups in total. The van der Waals surface area contributed by atoms with E-state index in [1.807, 2.05) is 0 Å². The number of rotatable bonds is 4. The summed E-state index contributed by atoms with van der Waals surface area (Å²) in [5, 5.41) is 8.71. The Morgan fingerprint density at radius 2 is 2.19 bits per heavy atom. The smallest absolute Gasteiger partial charge is 0.323 e. The quantitative estimate of drug-likeness (QED) is 0.802. The number of carboxylic acid groups (broad SMARTS) is 1. The highest BCUT2D eigenvalue weighted by molar-refractivity contribution is 5.94. The number of carbonyl (C=O) groups excluding carboxylic acids is 1. The molecular weight excluding hydrogens is 210 g/mol. The number of aryl methyl sites for hydroxylation is 1. The highest BCUT2D eigenvalue weighted by Crippen LogP contribution is 2.06. The maximum absolute atomic E-state index is 11.9. The zero-order valence-electron chi connectivity index (χ0n) is 9.54. The average molecular weight is 225 g/mol. The lowest BCUT2D eigenvalue weighted by Gasteiger charge is -2.23. The molecular formula is C10H15N3O3. The van der Waals surface area contributed by atoms with Crippen molar-refractivity contribution in [1.82, 2.24) is 14.5 Å². The molecule has 0 aliphatic rings. The molecule has 16 heavy (non-hydrogen) atoms. The lowest BCUT2D eigenvalue weighted by atomic mass is 10.3. The highest BCUT2D eigenvalue weighted by atomic mass is 16.4. The first kappa shape index (κ1) is 12.2. The number of carboxylic acids is 1. The molecule has 1 aromatic rings. The summed E-state index contributed by atoms with van der Waals surface area (Å²) in [6.07, 6.45) is 3.08. The first-order valence-corrected chi connectivity index (χ1v) is 4.92. The van der Waals surface area contributed by atoms with Crippen LogP contribution in [0, 0.1) is 0 Å². The topological polar surface area (TPSA) is 75.4 Å². The monoisotopic (exact) mass is 225 g/mol. The van der Waals surface area contributed by atoms with Gasteiger partial charge in [0.25, 0.3) is 5.91 Å². The molecule has 0 bridgehead atoms. The standard InChI is InChI=1S/C10H15N3O3/c1-7(2)13(5-9(14)15)10(16)8-4-12(3)6-11-8/h4,6-7H,5H2,1-3H3,(H,14,15). The molecule has 0 saturated carbocycles. The maximum Gasteiger partial charge on any atom is 0.323 e. The van der Waals surface area contributed by atoms with Crippen LogP contribution in [0.25, 0.3) is 0 Å². The number of imidazole rings is 1. The van der Waals surface area contributed by atoms with Gasteiger partial charge in [0.1, 0.15) is 12.2 Å². The molecule has 1 aromatic heterocycles. The maximum atomic E-state index is 11.9. The van der Waals surface area contributed by atoms with E-state index in [4.69, 9.17) is 5.11 Å². The molecule has 88 valence electrons. The largest absolute Gasteiger partial charge is 0.480 e. The second-order valence-corrected chi connectivity index (χ2v) is 3.84. The van der Waals surface area contributed by atoms with Gasteiger partial charge < -0.3 is 14.6 Å². The van der Waals surface area contributed by atoms with Crippen molar-refractivity contribution in [2.24, 2.45) is 7.05 Å². The third-order valence-corrected chi connectivity index (χ3v) is 2.11. The summed E-state index contributed by atoms with van der Waals surface area (Å²) in [5.41, 5.74) is 0.262. The number of carbonyl (C=O) groups is 2. The summed E-state index contributed by atoms with van der Waals surface area (Å²) in [6.45, 7) is 3.22. The first-order valence-electron chi connectivity index (χ1n) is 4.92. The van der Waals surface area contributed by atoms with Gasteiger partial charge in [-0.05, 0) is 13.8 Å². The highest BCUT2D eigenvalue weighted by Gasteiger charge is 2.22. The van der Waals surface area contributed by atoms with Crippen molar-refractivity contribution >= 4 is 11.9 Å². The second-order valence-electron chi connectivity index (χ2n) is 3.84. The Labute approximate surface area is 93.5 Å². The number of nitrogens with zero attached hydrogens (tertiary/aromatic N) is 3. The molecule has 0 fully saturated rings. The van der Waals surface area contributed by atoms with Crippen LogP contribution in [0.2, 0.25) is 0 Å². The summed E-state index contributed by atoms with van der Waals surface area (Å²) >= 11 is 0. The minimum absolute atomic E-state index is 0.175. The van der Waals surface area contributed by atoms with Gasteiger partial charge >= 0.3 is 5.97 Å². The van der Waals surface area contributed by atoms with E-state index in [0.717, 1.165) is 0 Å². The Morgan fingerprint density at radius 1 is 1.56 bits per heavy atom. The fourth-order valence-corrected chi connectivity index (χ4v) is 1.31. The van der Waals surface area contributed by atoms with E-state index in [0.29, 0.717) is 0 Å². The van der Waals surface area contributed by atoms with Gasteiger partial charge in [-0.2, -0.15) is 0 Å². The molecule has 1 heterocycles. The summed E-state index contributed by atoms with van der Waals surface area (Å²) < 4.78 is 1.65. The minimum atomic E-state index is -1.03. The lowest BCUT2D eigenvalue weighted by molar-refractivity contribution is -0.138. The minimum Gasteiger partial charge on any atom is -0.480 e. The third kappa shape index (κ3) is 2.82. The van der Waals surface area contributed by atoms with E-state index in [1.165, 1.54) is 11.2 Å². The van der Waals surface area contributed by atoms with Gasteiger partial charge in [-0.25, -0.2) is 4.98 Å². The zero-order chi connectivity index (χ0) is 12.3. The van der Waals surface area contributed by atoms with Gasteiger partial charge in [0, 0.05) is 19.3 Å². The van der Waals surface area contributed by atoms with E-state index >= 15 is 0 Å². The Kier molecular flexibility index (Phi) is 3.65. The first-order chi connectivity index (χ1) is 7.41. The van der Waals surface area contributed by atoms with Crippen molar-refractivity contribution in [1.29, 1.82) is 0 Å². The van der Waals surface area contributed by atoms with Crippen LogP contribution in [-0.2, 0) is 11.8 Å². The van der Waals surface area contributed by atoms with E-state index in [9.17, 15) is 9.59 Å². The van der Waals surface area contributed by atoms with E-state index in [-0.39, 0.29) is 24.2 Å². The van der Waals surface area contributed by atoms with E-state index < -0.39 is 5.97 Å². The molecule has 0 radical (unpaired) electrons. The Balaban J connectivity index is 2.87. The molecule has 1 rings (SSSR count).